The number of carbonyl (C=O) groups is 3. The lowest BCUT2D eigenvalue weighted by Gasteiger charge is -2.28. The lowest BCUT2D eigenvalue weighted by atomic mass is 9.88. The lowest BCUT2D eigenvalue weighted by Crippen LogP contribution is -2.50. The van der Waals surface area contributed by atoms with E-state index < -0.39 is 54.8 Å². The molecule has 1 aromatic carbocycles. The van der Waals surface area contributed by atoms with Crippen LogP contribution in [-0.4, -0.2) is 52.3 Å². The number of anilines is 1. The second-order valence-corrected chi connectivity index (χ2v) is 10.8. The molecular weight excluding hydrogens is 580 g/mol. The number of halogens is 4. The summed E-state index contributed by atoms with van der Waals surface area (Å²) < 4.78 is 55.2. The second-order valence-electron chi connectivity index (χ2n) is 10.8. The van der Waals surface area contributed by atoms with Gasteiger partial charge < -0.3 is 21.7 Å². The molecule has 2 aliphatic carbocycles. The van der Waals surface area contributed by atoms with Gasteiger partial charge in [0.2, 0.25) is 11.8 Å². The molecule has 4 rings (SSSR count). The van der Waals surface area contributed by atoms with Crippen LogP contribution in [0.2, 0.25) is 0 Å². The van der Waals surface area contributed by atoms with Gasteiger partial charge in [0, 0.05) is 18.8 Å². The molecule has 1 heterocycles. The smallest absolute Gasteiger partial charge is 0.343 e. The summed E-state index contributed by atoms with van der Waals surface area (Å²) >= 11 is 0. The quantitative estimate of drug-likeness (QED) is 0.235. The largest absolute Gasteiger partial charge is 0.409 e. The molecule has 246 valence electrons. The number of hydrogen-bond donors (Lipinski definition) is 4. The predicted molar refractivity (Wildman–Crippen MR) is 161 cm³/mol. The molecule has 2 aliphatic rings. The molecule has 0 radical (unpaired) electrons. The van der Waals surface area contributed by atoms with Crippen molar-refractivity contribution >= 4 is 23.4 Å². The number of nitrogens with two attached hydrogens (primary N) is 1. The van der Waals surface area contributed by atoms with Crippen LogP contribution < -0.4 is 21.7 Å². The van der Waals surface area contributed by atoms with E-state index in [1.165, 1.54) is 18.3 Å². The average Bonchev–Trinajstić information content (AvgIpc) is 3.93. The molecule has 13 heteroatoms. The van der Waals surface area contributed by atoms with Crippen molar-refractivity contribution in [1.29, 1.82) is 0 Å². The van der Waals surface area contributed by atoms with E-state index in [1.54, 1.807) is 16.1 Å². The molecule has 0 saturated heterocycles. The average molecular weight is 627 g/mol. The minimum atomic E-state index is -4.71. The highest BCUT2D eigenvalue weighted by Gasteiger charge is 2.48. The van der Waals surface area contributed by atoms with Crippen LogP contribution in [-0.2, 0) is 16.0 Å². The van der Waals surface area contributed by atoms with Crippen LogP contribution >= 0.6 is 0 Å². The van der Waals surface area contributed by atoms with Gasteiger partial charge in [-0.05, 0) is 81.0 Å². The Kier molecular flexibility index (Phi) is 13.8. The third-order valence-corrected chi connectivity index (χ3v) is 7.30. The molecule has 2 saturated carbocycles. The van der Waals surface area contributed by atoms with Crippen LogP contribution in [0.15, 0.2) is 30.5 Å². The molecular formula is C31H46F4N6O3. The van der Waals surface area contributed by atoms with Crippen molar-refractivity contribution in [2.24, 2.45) is 23.5 Å². The highest BCUT2D eigenvalue weighted by atomic mass is 19.4. The maximum absolute atomic E-state index is 15.0. The Hall–Kier alpha value is -3.48. The SMILES string of the molecule is CC.CC.CC(C)n1nccc1C(=O)NC(C(=O)Nc1ccc(CC(=O)NC(CN)C(F)(F)F)cc1F)C(C1CC1)C1CC1. The number of rotatable bonds is 12. The molecule has 0 spiro atoms. The first-order valence-electron chi connectivity index (χ1n) is 15.4. The van der Waals surface area contributed by atoms with Gasteiger partial charge in [-0.15, -0.1) is 0 Å². The number of carbonyl (C=O) groups excluding carboxylic acids is 3. The fraction of sp³-hybridized carbons (Fsp3) is 0.613. The first-order chi connectivity index (χ1) is 20.9. The van der Waals surface area contributed by atoms with E-state index in [0.717, 1.165) is 31.7 Å². The zero-order valence-electron chi connectivity index (χ0n) is 26.3. The van der Waals surface area contributed by atoms with Gasteiger partial charge in [0.25, 0.3) is 5.91 Å². The van der Waals surface area contributed by atoms with Crippen molar-refractivity contribution in [3.05, 3.63) is 47.5 Å². The summed E-state index contributed by atoms with van der Waals surface area (Å²) in [6, 6.07) is 1.97. The summed E-state index contributed by atoms with van der Waals surface area (Å²) in [6.45, 7) is 10.9. The van der Waals surface area contributed by atoms with Crippen molar-refractivity contribution in [3.63, 3.8) is 0 Å². The van der Waals surface area contributed by atoms with Crippen LogP contribution in [0.25, 0.3) is 0 Å². The predicted octanol–water partition coefficient (Wildman–Crippen LogP) is 5.38. The fourth-order valence-corrected chi connectivity index (χ4v) is 5.03. The zero-order valence-corrected chi connectivity index (χ0v) is 26.3. The summed E-state index contributed by atoms with van der Waals surface area (Å²) in [5, 5.41) is 11.4. The van der Waals surface area contributed by atoms with Gasteiger partial charge in [0.15, 0.2) is 0 Å². The van der Waals surface area contributed by atoms with Crippen LogP contribution in [0.4, 0.5) is 23.2 Å². The Morgan fingerprint density at radius 2 is 1.59 bits per heavy atom. The van der Waals surface area contributed by atoms with E-state index in [4.69, 9.17) is 5.73 Å². The molecule has 3 amide bonds. The van der Waals surface area contributed by atoms with Gasteiger partial charge in [-0.3, -0.25) is 19.1 Å². The summed E-state index contributed by atoms with van der Waals surface area (Å²) in [5.74, 6) is -2.35. The summed E-state index contributed by atoms with van der Waals surface area (Å²) in [4.78, 5) is 38.8. The first-order valence-corrected chi connectivity index (χ1v) is 15.4. The van der Waals surface area contributed by atoms with Crippen LogP contribution in [0, 0.1) is 23.6 Å². The van der Waals surface area contributed by atoms with E-state index in [-0.39, 0.29) is 23.2 Å². The van der Waals surface area contributed by atoms with Crippen molar-refractivity contribution < 1.29 is 31.9 Å². The third-order valence-electron chi connectivity index (χ3n) is 7.30. The number of nitrogens with one attached hydrogen (secondary N) is 3. The van der Waals surface area contributed by atoms with Crippen molar-refractivity contribution in [3.8, 4) is 0 Å². The van der Waals surface area contributed by atoms with Crippen molar-refractivity contribution in [1.82, 2.24) is 20.4 Å². The van der Waals surface area contributed by atoms with E-state index in [1.807, 2.05) is 41.5 Å². The molecule has 2 fully saturated rings. The zero-order chi connectivity index (χ0) is 33.2. The monoisotopic (exact) mass is 626 g/mol. The van der Waals surface area contributed by atoms with Gasteiger partial charge in [0.05, 0.1) is 12.1 Å². The lowest BCUT2D eigenvalue weighted by molar-refractivity contribution is -0.159. The number of hydrogen-bond acceptors (Lipinski definition) is 5. The number of alkyl halides is 3. The third kappa shape index (κ3) is 10.0. The molecule has 9 nitrogen and oxygen atoms in total. The summed E-state index contributed by atoms with van der Waals surface area (Å²) in [5.41, 5.74) is 5.36. The van der Waals surface area contributed by atoms with Crippen LogP contribution in [0.5, 0.6) is 0 Å². The Morgan fingerprint density at radius 3 is 2.07 bits per heavy atom. The number of nitrogens with zero attached hydrogens (tertiary/aromatic N) is 2. The van der Waals surface area contributed by atoms with Crippen LogP contribution in [0.1, 0.15) is 89.3 Å². The maximum Gasteiger partial charge on any atom is 0.409 e. The second kappa shape index (κ2) is 16.6. The number of amides is 3. The Balaban J connectivity index is 0.00000162. The Morgan fingerprint density at radius 1 is 1.00 bits per heavy atom. The van der Waals surface area contributed by atoms with E-state index in [0.29, 0.717) is 17.5 Å². The van der Waals surface area contributed by atoms with Gasteiger partial charge in [-0.25, -0.2) is 4.39 Å². The fourth-order valence-electron chi connectivity index (χ4n) is 5.03. The first kappa shape index (κ1) is 36.7. The van der Waals surface area contributed by atoms with E-state index in [2.05, 4.69) is 15.7 Å². The Bertz CT molecular complexity index is 1230. The standard InChI is InChI=1S/C27H34F4N6O3.2C2H6/c1-14(2)37-20(9-10-33-37)25(39)36-24(23(16-4-5-16)17-6-7-17)26(40)34-19-8-3-15(11-18(19)28)12-22(38)35-21(13-32)27(29,30)31;2*1-2/h3,8-11,14,16-17,21,23-24H,4-7,12-13,32H2,1-2H3,(H,34,40)(H,35,38)(H,36,39);2*1-2H3. The van der Waals surface area contributed by atoms with Gasteiger partial charge >= 0.3 is 6.18 Å². The van der Waals surface area contributed by atoms with Crippen molar-refractivity contribution in [2.75, 3.05) is 11.9 Å². The normalized spacial score (nSPS) is 15.8. The number of aromatic nitrogens is 2. The molecule has 44 heavy (non-hydrogen) atoms. The maximum atomic E-state index is 15.0. The molecule has 0 bridgehead atoms. The van der Waals surface area contributed by atoms with Gasteiger partial charge in [-0.2, -0.15) is 18.3 Å². The van der Waals surface area contributed by atoms with Gasteiger partial charge in [-0.1, -0.05) is 33.8 Å². The molecule has 1 aromatic heterocycles. The topological polar surface area (TPSA) is 131 Å². The molecule has 5 N–H and O–H groups in total. The molecule has 2 unspecified atom stereocenters. The highest BCUT2D eigenvalue weighted by Crippen LogP contribution is 2.51. The molecule has 0 aliphatic heterocycles. The van der Waals surface area contributed by atoms with E-state index in [9.17, 15) is 31.9 Å². The van der Waals surface area contributed by atoms with E-state index >= 15 is 0 Å². The highest BCUT2D eigenvalue weighted by molar-refractivity contribution is 6.01. The molecule has 2 aromatic rings. The Labute approximate surface area is 256 Å². The minimum Gasteiger partial charge on any atom is -0.343 e. The molecule has 2 atom stereocenters. The van der Waals surface area contributed by atoms with Crippen LogP contribution in [0.3, 0.4) is 0 Å². The minimum absolute atomic E-state index is 0.0740. The summed E-state index contributed by atoms with van der Waals surface area (Å²) in [6.07, 6.45) is 0.114. The van der Waals surface area contributed by atoms with Crippen molar-refractivity contribution in [2.45, 2.75) is 97.9 Å². The van der Waals surface area contributed by atoms with Gasteiger partial charge in [0.1, 0.15) is 23.6 Å². The number of benzene rings is 1. The summed E-state index contributed by atoms with van der Waals surface area (Å²) in [7, 11) is 0.